The van der Waals surface area contributed by atoms with Gasteiger partial charge in [0.15, 0.2) is 4.34 Å². The summed E-state index contributed by atoms with van der Waals surface area (Å²) < 4.78 is 5.73. The van der Waals surface area contributed by atoms with Gasteiger partial charge in [0.1, 0.15) is 5.75 Å². The first kappa shape index (κ1) is 22.4. The summed E-state index contributed by atoms with van der Waals surface area (Å²) in [5, 5.41) is 14.7. The van der Waals surface area contributed by atoms with Crippen LogP contribution in [0.4, 0.5) is 5.13 Å². The first-order chi connectivity index (χ1) is 14.5. The summed E-state index contributed by atoms with van der Waals surface area (Å²) >= 11 is 14.4. The van der Waals surface area contributed by atoms with E-state index < -0.39 is 5.91 Å². The van der Waals surface area contributed by atoms with Crippen LogP contribution in [0.3, 0.4) is 0 Å². The van der Waals surface area contributed by atoms with Crippen LogP contribution < -0.4 is 15.4 Å². The molecule has 0 spiro atoms. The highest BCUT2D eigenvalue weighted by molar-refractivity contribution is 8.01. The topological polar surface area (TPSA) is 93.2 Å². The molecular weight excluding hydrogens is 467 g/mol. The molecule has 0 radical (unpaired) electrons. The van der Waals surface area contributed by atoms with Crippen molar-refractivity contribution in [1.82, 2.24) is 15.5 Å². The second-order valence-corrected chi connectivity index (χ2v) is 8.87. The number of rotatable bonds is 8. The Bertz CT molecular complexity index is 1060. The minimum absolute atomic E-state index is 0.162. The molecule has 1 heterocycles. The van der Waals surface area contributed by atoms with Gasteiger partial charge in [-0.25, -0.2) is 0 Å². The van der Waals surface area contributed by atoms with Gasteiger partial charge < -0.3 is 10.1 Å². The fourth-order valence-corrected chi connectivity index (χ4v) is 4.31. The maximum Gasteiger partial charge on any atom is 0.261 e. The number of hydrogen-bond donors (Lipinski definition) is 2. The summed E-state index contributed by atoms with van der Waals surface area (Å²) in [7, 11) is 1.47. The van der Waals surface area contributed by atoms with Crippen LogP contribution >= 0.6 is 46.3 Å². The first-order valence-electron chi connectivity index (χ1n) is 8.57. The molecule has 0 aliphatic heterocycles. The van der Waals surface area contributed by atoms with Crippen LogP contribution in [0.15, 0.2) is 46.8 Å². The van der Waals surface area contributed by atoms with E-state index in [0.29, 0.717) is 31.8 Å². The number of carbonyl (C=O) groups is 2. The molecule has 7 nitrogen and oxygen atoms in total. The second kappa shape index (κ2) is 10.6. The van der Waals surface area contributed by atoms with E-state index >= 15 is 0 Å². The van der Waals surface area contributed by atoms with Crippen molar-refractivity contribution >= 4 is 63.2 Å². The molecule has 2 aromatic carbocycles. The smallest absolute Gasteiger partial charge is 0.261 e. The predicted octanol–water partition coefficient (Wildman–Crippen LogP) is 4.51. The van der Waals surface area contributed by atoms with Gasteiger partial charge in [0.2, 0.25) is 11.0 Å². The quantitative estimate of drug-likeness (QED) is 0.362. The zero-order valence-electron chi connectivity index (χ0n) is 15.6. The lowest BCUT2D eigenvalue weighted by molar-refractivity contribution is -0.118. The first-order valence-corrected chi connectivity index (χ1v) is 11.1. The third kappa shape index (κ3) is 6.09. The number of thioether (sulfide) groups is 1. The van der Waals surface area contributed by atoms with E-state index in [9.17, 15) is 9.59 Å². The van der Waals surface area contributed by atoms with Crippen LogP contribution in [-0.4, -0.2) is 34.9 Å². The van der Waals surface area contributed by atoms with Crippen LogP contribution in [0, 0.1) is 0 Å². The number of aromatic nitrogens is 2. The zero-order chi connectivity index (χ0) is 21.5. The number of methoxy groups -OCH3 is 1. The summed E-state index contributed by atoms with van der Waals surface area (Å²) in [4.78, 5) is 24.5. The van der Waals surface area contributed by atoms with Gasteiger partial charge in [-0.3, -0.25) is 14.9 Å². The molecule has 0 atom stereocenters. The Labute approximate surface area is 191 Å². The Balaban J connectivity index is 1.51. The minimum Gasteiger partial charge on any atom is -0.496 e. The second-order valence-electron chi connectivity index (χ2n) is 5.83. The highest BCUT2D eigenvalue weighted by Gasteiger charge is 2.16. The fraction of sp³-hybridized carbons (Fsp3) is 0.158. The van der Waals surface area contributed by atoms with Crippen LogP contribution in [-0.2, 0) is 11.3 Å². The average Bonchev–Trinajstić information content (AvgIpc) is 3.19. The third-order valence-electron chi connectivity index (χ3n) is 3.79. The van der Waals surface area contributed by atoms with E-state index in [1.165, 1.54) is 36.3 Å². The molecule has 0 aliphatic rings. The standard InChI is InChI=1S/C19H16Cl2N4O3S2/c1-28-15-7-6-12(20)8-13(15)17(27)23-18-24-25-19(30-18)29-10-16(26)22-9-11-4-2-3-5-14(11)21/h2-8H,9-10H2,1H3,(H,22,26)(H,23,24,27). The zero-order valence-corrected chi connectivity index (χ0v) is 18.8. The maximum atomic E-state index is 12.5. The molecule has 0 unspecified atom stereocenters. The largest absolute Gasteiger partial charge is 0.496 e. The third-order valence-corrected chi connectivity index (χ3v) is 6.37. The maximum absolute atomic E-state index is 12.5. The van der Waals surface area contributed by atoms with E-state index in [2.05, 4.69) is 20.8 Å². The Morgan fingerprint density at radius 2 is 1.97 bits per heavy atom. The number of amides is 2. The lowest BCUT2D eigenvalue weighted by Gasteiger charge is -2.07. The molecule has 0 aliphatic carbocycles. The van der Waals surface area contributed by atoms with E-state index in [0.717, 1.165) is 5.56 Å². The summed E-state index contributed by atoms with van der Waals surface area (Å²) in [6.07, 6.45) is 0. The lowest BCUT2D eigenvalue weighted by atomic mass is 10.2. The normalized spacial score (nSPS) is 10.5. The Morgan fingerprint density at radius 1 is 1.17 bits per heavy atom. The molecule has 1 aromatic heterocycles. The number of anilines is 1. The van der Waals surface area contributed by atoms with Gasteiger partial charge in [0.25, 0.3) is 5.91 Å². The number of ether oxygens (including phenoxy) is 1. The summed E-state index contributed by atoms with van der Waals surface area (Å²) in [5.41, 5.74) is 1.13. The van der Waals surface area contributed by atoms with Gasteiger partial charge in [-0.05, 0) is 29.8 Å². The van der Waals surface area contributed by atoms with E-state index in [-0.39, 0.29) is 17.2 Å². The van der Waals surface area contributed by atoms with Gasteiger partial charge in [0.05, 0.1) is 18.4 Å². The molecule has 0 bridgehead atoms. The van der Waals surface area contributed by atoms with E-state index in [4.69, 9.17) is 27.9 Å². The van der Waals surface area contributed by atoms with Crippen molar-refractivity contribution in [2.45, 2.75) is 10.9 Å². The van der Waals surface area contributed by atoms with Gasteiger partial charge in [-0.1, -0.05) is 64.5 Å². The molecule has 3 aromatic rings. The molecule has 2 amide bonds. The van der Waals surface area contributed by atoms with Crippen molar-refractivity contribution in [3.63, 3.8) is 0 Å². The molecule has 0 saturated carbocycles. The molecule has 2 N–H and O–H groups in total. The van der Waals surface area contributed by atoms with E-state index in [1.54, 1.807) is 18.2 Å². The average molecular weight is 483 g/mol. The highest BCUT2D eigenvalue weighted by Crippen LogP contribution is 2.27. The lowest BCUT2D eigenvalue weighted by Crippen LogP contribution is -2.24. The molecule has 156 valence electrons. The van der Waals surface area contributed by atoms with Gasteiger partial charge >= 0.3 is 0 Å². The molecule has 0 fully saturated rings. The molecule has 30 heavy (non-hydrogen) atoms. The van der Waals surface area contributed by atoms with E-state index in [1.807, 2.05) is 18.2 Å². The van der Waals surface area contributed by atoms with Gasteiger partial charge in [-0.15, -0.1) is 10.2 Å². The van der Waals surface area contributed by atoms with Crippen molar-refractivity contribution in [3.05, 3.63) is 63.6 Å². The molecule has 11 heteroatoms. The number of carbonyl (C=O) groups excluding carboxylic acids is 2. The summed E-state index contributed by atoms with van der Waals surface area (Å²) in [6.45, 7) is 0.345. The Morgan fingerprint density at radius 3 is 2.73 bits per heavy atom. The van der Waals surface area contributed by atoms with Crippen molar-refractivity contribution in [1.29, 1.82) is 0 Å². The highest BCUT2D eigenvalue weighted by atomic mass is 35.5. The number of nitrogens with zero attached hydrogens (tertiary/aromatic N) is 2. The van der Waals surface area contributed by atoms with Gasteiger partial charge in [0, 0.05) is 16.6 Å². The number of nitrogens with one attached hydrogen (secondary N) is 2. The summed E-state index contributed by atoms with van der Waals surface area (Å²) in [6, 6.07) is 12.1. The summed E-state index contributed by atoms with van der Waals surface area (Å²) in [5.74, 6) is -0.0232. The minimum atomic E-state index is -0.417. The predicted molar refractivity (Wildman–Crippen MR) is 120 cm³/mol. The van der Waals surface area contributed by atoms with Crippen LogP contribution in [0.2, 0.25) is 10.0 Å². The van der Waals surface area contributed by atoms with Crippen molar-refractivity contribution in [2.24, 2.45) is 0 Å². The van der Waals surface area contributed by atoms with Gasteiger partial charge in [-0.2, -0.15) is 0 Å². The number of hydrogen-bond acceptors (Lipinski definition) is 7. The molecule has 0 saturated heterocycles. The monoisotopic (exact) mass is 482 g/mol. The van der Waals surface area contributed by atoms with Crippen molar-refractivity contribution in [2.75, 3.05) is 18.2 Å². The molecular formula is C19H16Cl2N4O3S2. The van der Waals surface area contributed by atoms with Crippen molar-refractivity contribution < 1.29 is 14.3 Å². The SMILES string of the molecule is COc1ccc(Cl)cc1C(=O)Nc1nnc(SCC(=O)NCc2ccccc2Cl)s1. The number of benzene rings is 2. The van der Waals surface area contributed by atoms with Crippen molar-refractivity contribution in [3.8, 4) is 5.75 Å². The van der Waals surface area contributed by atoms with Crippen LogP contribution in [0.1, 0.15) is 15.9 Å². The Kier molecular flexibility index (Phi) is 7.92. The van der Waals surface area contributed by atoms with Crippen LogP contribution in [0.5, 0.6) is 5.75 Å². The Hall–Kier alpha value is -2.33. The number of halogens is 2. The molecule has 3 rings (SSSR count). The van der Waals surface area contributed by atoms with Crippen LogP contribution in [0.25, 0.3) is 0 Å². The fourth-order valence-electron chi connectivity index (χ4n) is 2.35.